The average molecular weight is 304 g/mol. The van der Waals surface area contributed by atoms with Crippen LogP contribution in [-0.4, -0.2) is 12.1 Å². The fraction of sp³-hybridized carbons (Fsp3) is 0. The molecule has 9 heteroatoms. The largest absolute Gasteiger partial charge is 0.459 e. The summed E-state index contributed by atoms with van der Waals surface area (Å²) in [5.41, 5.74) is 0.534. The number of amides is 1. The van der Waals surface area contributed by atoms with Crippen LogP contribution < -0.4 is 5.43 Å². The Kier molecular flexibility index (Phi) is 4.01. The molecule has 0 spiro atoms. The van der Waals surface area contributed by atoms with Gasteiger partial charge in [-0.05, 0) is 12.1 Å². The molecule has 1 heterocycles. The molecule has 0 fully saturated rings. The Balaban J connectivity index is 2.24. The number of nitrogens with one attached hydrogen (secondary N) is 1. The third-order valence-electron chi connectivity index (χ3n) is 2.35. The number of hydrogen-bond donors (Lipinski definition) is 1. The van der Waals surface area contributed by atoms with Crippen LogP contribution in [0.5, 0.6) is 0 Å². The summed E-state index contributed by atoms with van der Waals surface area (Å²) >= 11 is 0. The molecule has 0 radical (unpaired) electrons. The summed E-state index contributed by atoms with van der Waals surface area (Å²) in [4.78, 5) is 11.3. The second-order valence-corrected chi connectivity index (χ2v) is 3.66. The van der Waals surface area contributed by atoms with Gasteiger partial charge in [-0.1, -0.05) is 0 Å². The number of hydrazone groups is 1. The molecule has 21 heavy (non-hydrogen) atoms. The van der Waals surface area contributed by atoms with Crippen molar-refractivity contribution in [3.63, 3.8) is 0 Å². The fourth-order valence-electron chi connectivity index (χ4n) is 1.35. The number of benzene rings is 1. The number of nitrogens with zero attached hydrogens (tertiary/aromatic N) is 1. The van der Waals surface area contributed by atoms with E-state index in [1.165, 1.54) is 18.4 Å². The maximum Gasteiger partial charge on any atom is 0.307 e. The quantitative estimate of drug-likeness (QED) is 0.312. The van der Waals surface area contributed by atoms with Gasteiger partial charge in [0.15, 0.2) is 29.0 Å². The van der Waals surface area contributed by atoms with Crippen molar-refractivity contribution in [2.45, 2.75) is 0 Å². The van der Waals surface area contributed by atoms with Crippen molar-refractivity contribution in [2.75, 3.05) is 0 Å². The first-order valence-electron chi connectivity index (χ1n) is 5.31. The highest BCUT2D eigenvalue weighted by Gasteiger charge is 2.24. The van der Waals surface area contributed by atoms with Gasteiger partial charge in [0, 0.05) is 0 Å². The average Bonchev–Trinajstić information content (AvgIpc) is 3.01. The Hall–Kier alpha value is -2.71. The molecular weight excluding hydrogens is 299 g/mol. The summed E-state index contributed by atoms with van der Waals surface area (Å²) in [6, 6.07) is 2.69. The molecule has 0 bridgehead atoms. The Labute approximate surface area is 113 Å². The Bertz CT molecular complexity index is 684. The third kappa shape index (κ3) is 2.76. The standard InChI is InChI=1S/C12H5F5N2O2/c13-7-5(8(14)10(16)11(17)9(7)15)4-18-19-12(20)6-2-1-3-21-6/h1-4H,(H,19,20)/b18-4+. The molecule has 4 nitrogen and oxygen atoms in total. The minimum absolute atomic E-state index is 0.149. The first kappa shape index (κ1) is 14.7. The van der Waals surface area contributed by atoms with Gasteiger partial charge in [-0.25, -0.2) is 27.4 Å². The molecule has 2 rings (SSSR count). The summed E-state index contributed by atoms with van der Waals surface area (Å²) in [7, 11) is 0. The first-order chi connectivity index (χ1) is 9.93. The van der Waals surface area contributed by atoms with E-state index >= 15 is 0 Å². The molecule has 0 atom stereocenters. The minimum atomic E-state index is -2.28. The molecule has 0 unspecified atom stereocenters. The van der Waals surface area contributed by atoms with Gasteiger partial charge in [-0.15, -0.1) is 0 Å². The van der Waals surface area contributed by atoms with E-state index in [4.69, 9.17) is 4.42 Å². The van der Waals surface area contributed by atoms with Gasteiger partial charge < -0.3 is 4.42 Å². The topological polar surface area (TPSA) is 54.6 Å². The van der Waals surface area contributed by atoms with Crippen LogP contribution >= 0.6 is 0 Å². The van der Waals surface area contributed by atoms with E-state index in [1.54, 1.807) is 5.43 Å². The number of carbonyl (C=O) groups excluding carboxylic acids is 1. The SMILES string of the molecule is O=C(N/N=C/c1c(F)c(F)c(F)c(F)c1F)c1ccco1. The van der Waals surface area contributed by atoms with Crippen molar-refractivity contribution < 1.29 is 31.2 Å². The van der Waals surface area contributed by atoms with E-state index in [9.17, 15) is 26.7 Å². The summed E-state index contributed by atoms with van der Waals surface area (Å²) < 4.78 is 69.8. The Morgan fingerprint density at radius 2 is 1.62 bits per heavy atom. The number of furan rings is 1. The first-order valence-corrected chi connectivity index (χ1v) is 5.31. The van der Waals surface area contributed by atoms with Crippen LogP contribution in [0.3, 0.4) is 0 Å². The van der Waals surface area contributed by atoms with Gasteiger partial charge in [0.2, 0.25) is 5.82 Å². The van der Waals surface area contributed by atoms with Gasteiger partial charge >= 0.3 is 5.91 Å². The lowest BCUT2D eigenvalue weighted by atomic mass is 10.2. The highest BCUT2D eigenvalue weighted by molar-refractivity contribution is 5.92. The third-order valence-corrected chi connectivity index (χ3v) is 2.35. The van der Waals surface area contributed by atoms with Gasteiger partial charge in [0.25, 0.3) is 0 Å². The fourth-order valence-corrected chi connectivity index (χ4v) is 1.35. The molecule has 0 aliphatic heterocycles. The molecule has 0 saturated heterocycles. The predicted molar refractivity (Wildman–Crippen MR) is 60.0 cm³/mol. The van der Waals surface area contributed by atoms with Crippen molar-refractivity contribution in [1.82, 2.24) is 5.43 Å². The van der Waals surface area contributed by atoms with E-state index < -0.39 is 40.6 Å². The van der Waals surface area contributed by atoms with Gasteiger partial charge in [0.1, 0.15) is 0 Å². The van der Waals surface area contributed by atoms with Crippen LogP contribution in [-0.2, 0) is 0 Å². The number of rotatable bonds is 3. The van der Waals surface area contributed by atoms with Crippen molar-refractivity contribution in [3.8, 4) is 0 Å². The zero-order valence-corrected chi connectivity index (χ0v) is 9.96. The molecule has 110 valence electrons. The van der Waals surface area contributed by atoms with Gasteiger partial charge in [0.05, 0.1) is 18.0 Å². The summed E-state index contributed by atoms with van der Waals surface area (Å²) in [6.07, 6.45) is 1.50. The molecule has 1 aromatic carbocycles. The highest BCUT2D eigenvalue weighted by Crippen LogP contribution is 2.21. The van der Waals surface area contributed by atoms with Crippen LogP contribution in [0.1, 0.15) is 16.1 Å². The van der Waals surface area contributed by atoms with Crippen molar-refractivity contribution in [2.24, 2.45) is 5.10 Å². The van der Waals surface area contributed by atoms with E-state index in [-0.39, 0.29) is 5.76 Å². The van der Waals surface area contributed by atoms with Crippen LogP contribution in [0.25, 0.3) is 0 Å². The number of hydrogen-bond acceptors (Lipinski definition) is 3. The van der Waals surface area contributed by atoms with Crippen LogP contribution in [0.4, 0.5) is 22.0 Å². The second kappa shape index (κ2) is 5.73. The van der Waals surface area contributed by atoms with Crippen molar-refractivity contribution in [1.29, 1.82) is 0 Å². The minimum Gasteiger partial charge on any atom is -0.459 e. The number of carbonyl (C=O) groups is 1. The van der Waals surface area contributed by atoms with E-state index in [0.29, 0.717) is 6.21 Å². The highest BCUT2D eigenvalue weighted by atomic mass is 19.2. The molecule has 0 aliphatic carbocycles. The molecule has 1 N–H and O–H groups in total. The molecule has 0 aliphatic rings. The Morgan fingerprint density at radius 3 is 2.14 bits per heavy atom. The Morgan fingerprint density at radius 1 is 1.05 bits per heavy atom. The monoisotopic (exact) mass is 304 g/mol. The second-order valence-electron chi connectivity index (χ2n) is 3.66. The van der Waals surface area contributed by atoms with Crippen LogP contribution in [0.15, 0.2) is 27.9 Å². The van der Waals surface area contributed by atoms with Crippen LogP contribution in [0.2, 0.25) is 0 Å². The molecule has 2 aromatic rings. The molecule has 1 aromatic heterocycles. The lowest BCUT2D eigenvalue weighted by molar-refractivity contribution is 0.0927. The summed E-state index contributed by atoms with van der Waals surface area (Å²) in [5, 5.41) is 3.11. The normalized spacial score (nSPS) is 11.1. The lowest BCUT2D eigenvalue weighted by Gasteiger charge is -2.03. The van der Waals surface area contributed by atoms with Crippen molar-refractivity contribution in [3.05, 3.63) is 58.8 Å². The van der Waals surface area contributed by atoms with Gasteiger partial charge in [-0.2, -0.15) is 5.10 Å². The van der Waals surface area contributed by atoms with Crippen LogP contribution in [0, 0.1) is 29.1 Å². The predicted octanol–water partition coefficient (Wildman–Crippen LogP) is 2.74. The van der Waals surface area contributed by atoms with E-state index in [0.717, 1.165) is 0 Å². The van der Waals surface area contributed by atoms with E-state index in [2.05, 4.69) is 5.10 Å². The van der Waals surface area contributed by atoms with Gasteiger partial charge in [-0.3, -0.25) is 4.79 Å². The summed E-state index contributed by atoms with van der Waals surface area (Å²) in [5.74, 6) is -11.6. The molecule has 1 amide bonds. The smallest absolute Gasteiger partial charge is 0.307 e. The zero-order valence-electron chi connectivity index (χ0n) is 9.96. The molecule has 0 saturated carbocycles. The lowest BCUT2D eigenvalue weighted by Crippen LogP contribution is -2.17. The zero-order chi connectivity index (χ0) is 15.6. The van der Waals surface area contributed by atoms with E-state index in [1.807, 2.05) is 0 Å². The summed E-state index contributed by atoms with van der Waals surface area (Å²) in [6.45, 7) is 0. The maximum absolute atomic E-state index is 13.3. The number of halogens is 5. The maximum atomic E-state index is 13.3. The van der Waals surface area contributed by atoms with Crippen molar-refractivity contribution >= 4 is 12.1 Å². The molecular formula is C12H5F5N2O2.